The van der Waals surface area contributed by atoms with Gasteiger partial charge >= 0.3 is 0 Å². The van der Waals surface area contributed by atoms with Crippen LogP contribution in [-0.2, 0) is 26.4 Å². The van der Waals surface area contributed by atoms with Gasteiger partial charge in [0.15, 0.2) is 5.82 Å². The number of pyridine rings is 1. The molecule has 3 aromatic heterocycles. The summed E-state index contributed by atoms with van der Waals surface area (Å²) < 4.78 is 1.86. The molecule has 0 radical (unpaired) electrons. The van der Waals surface area contributed by atoms with Crippen molar-refractivity contribution in [2.75, 3.05) is 5.32 Å². The van der Waals surface area contributed by atoms with E-state index in [0.29, 0.717) is 12.4 Å². The van der Waals surface area contributed by atoms with Crippen LogP contribution in [0.25, 0.3) is 22.8 Å². The van der Waals surface area contributed by atoms with E-state index in [2.05, 4.69) is 33.7 Å². The van der Waals surface area contributed by atoms with Crippen molar-refractivity contribution in [1.29, 1.82) is 0 Å². The molecular formula is C23H22N6. The van der Waals surface area contributed by atoms with Gasteiger partial charge in [0.25, 0.3) is 0 Å². The van der Waals surface area contributed by atoms with Crippen molar-refractivity contribution in [1.82, 2.24) is 24.7 Å². The third-order valence-electron chi connectivity index (χ3n) is 5.23. The molecule has 0 bridgehead atoms. The average molecular weight is 382 g/mol. The number of aryl methyl sites for hydroxylation is 2. The summed E-state index contributed by atoms with van der Waals surface area (Å²) in [4.78, 5) is 14.0. The van der Waals surface area contributed by atoms with Crippen LogP contribution in [0.5, 0.6) is 0 Å². The predicted octanol–water partition coefficient (Wildman–Crippen LogP) is 4.04. The van der Waals surface area contributed by atoms with Gasteiger partial charge in [-0.05, 0) is 31.4 Å². The first kappa shape index (κ1) is 17.6. The highest BCUT2D eigenvalue weighted by Crippen LogP contribution is 2.30. The lowest BCUT2D eigenvalue weighted by Crippen LogP contribution is -2.08. The largest absolute Gasteiger partial charge is 0.365 e. The number of hydrogen-bond donors (Lipinski definition) is 1. The Bertz CT molecular complexity index is 1140. The Morgan fingerprint density at radius 1 is 1.00 bits per heavy atom. The van der Waals surface area contributed by atoms with E-state index in [1.807, 2.05) is 48.1 Å². The van der Waals surface area contributed by atoms with Crippen LogP contribution >= 0.6 is 0 Å². The molecule has 0 atom stereocenters. The second kappa shape index (κ2) is 7.47. The molecule has 0 fully saturated rings. The Morgan fingerprint density at radius 2 is 1.86 bits per heavy atom. The fourth-order valence-corrected chi connectivity index (χ4v) is 3.87. The van der Waals surface area contributed by atoms with E-state index >= 15 is 0 Å². The van der Waals surface area contributed by atoms with Crippen LogP contribution in [0.2, 0.25) is 0 Å². The van der Waals surface area contributed by atoms with Crippen LogP contribution in [0.1, 0.15) is 23.2 Å². The molecule has 0 saturated heterocycles. The molecule has 0 spiro atoms. The zero-order valence-corrected chi connectivity index (χ0v) is 16.3. The second-order valence-corrected chi connectivity index (χ2v) is 7.29. The molecule has 6 heteroatoms. The van der Waals surface area contributed by atoms with Crippen LogP contribution in [0, 0.1) is 0 Å². The minimum atomic E-state index is 0.656. The van der Waals surface area contributed by atoms with E-state index < -0.39 is 0 Å². The summed E-state index contributed by atoms with van der Waals surface area (Å²) in [6.45, 7) is 0.656. The third-order valence-corrected chi connectivity index (χ3v) is 5.23. The molecule has 4 aromatic rings. The Kier molecular flexibility index (Phi) is 4.52. The molecule has 6 nitrogen and oxygen atoms in total. The topological polar surface area (TPSA) is 68.5 Å². The number of anilines is 1. The highest BCUT2D eigenvalue weighted by molar-refractivity contribution is 5.64. The zero-order chi connectivity index (χ0) is 19.6. The fraction of sp³-hybridized carbons (Fsp3) is 0.217. The molecule has 0 aliphatic heterocycles. The normalized spacial score (nSPS) is 12.7. The first-order valence-corrected chi connectivity index (χ1v) is 9.91. The molecule has 1 N–H and O–H groups in total. The van der Waals surface area contributed by atoms with Crippen molar-refractivity contribution < 1.29 is 0 Å². The molecule has 0 amide bonds. The molecular weight excluding hydrogens is 360 g/mol. The van der Waals surface area contributed by atoms with Gasteiger partial charge in [-0.2, -0.15) is 5.10 Å². The summed E-state index contributed by atoms with van der Waals surface area (Å²) in [7, 11) is 1.96. The highest BCUT2D eigenvalue weighted by Gasteiger charge is 2.21. The third kappa shape index (κ3) is 3.49. The van der Waals surface area contributed by atoms with Crippen LogP contribution < -0.4 is 5.32 Å². The van der Waals surface area contributed by atoms with Crippen molar-refractivity contribution in [2.24, 2.45) is 7.05 Å². The van der Waals surface area contributed by atoms with Crippen molar-refractivity contribution in [3.63, 3.8) is 0 Å². The lowest BCUT2D eigenvalue weighted by Gasteiger charge is -2.12. The minimum Gasteiger partial charge on any atom is -0.365 e. The van der Waals surface area contributed by atoms with E-state index in [1.54, 1.807) is 6.20 Å². The highest BCUT2D eigenvalue weighted by atomic mass is 15.3. The first-order valence-electron chi connectivity index (χ1n) is 9.91. The summed E-state index contributed by atoms with van der Waals surface area (Å²) >= 11 is 0. The SMILES string of the molecule is Cn1cc(CNc2nc(-c3ccccn3)nc3c2CCC3)c(-c2ccccc2)n1. The number of benzene rings is 1. The molecule has 29 heavy (non-hydrogen) atoms. The number of aromatic nitrogens is 5. The standard InChI is InChI=1S/C23H22N6/c1-29-15-17(21(28-29)16-8-3-2-4-9-16)14-25-22-18-10-7-12-19(18)26-23(27-22)20-11-5-6-13-24-20/h2-6,8-9,11,13,15H,7,10,12,14H2,1H3,(H,25,26,27). The van der Waals surface area contributed by atoms with E-state index in [0.717, 1.165) is 53.3 Å². The van der Waals surface area contributed by atoms with Gasteiger partial charge in [0.05, 0.1) is 5.69 Å². The van der Waals surface area contributed by atoms with Crippen LogP contribution in [0.15, 0.2) is 60.9 Å². The molecule has 1 aromatic carbocycles. The van der Waals surface area contributed by atoms with Gasteiger partial charge in [-0.25, -0.2) is 9.97 Å². The molecule has 3 heterocycles. The smallest absolute Gasteiger partial charge is 0.180 e. The maximum absolute atomic E-state index is 4.83. The predicted molar refractivity (Wildman–Crippen MR) is 113 cm³/mol. The Hall–Kier alpha value is -3.54. The Balaban J connectivity index is 1.47. The summed E-state index contributed by atoms with van der Waals surface area (Å²) in [6, 6.07) is 16.1. The number of hydrogen-bond acceptors (Lipinski definition) is 5. The van der Waals surface area contributed by atoms with Gasteiger partial charge in [0.1, 0.15) is 11.5 Å². The molecule has 1 aliphatic carbocycles. The van der Waals surface area contributed by atoms with Gasteiger partial charge in [0, 0.05) is 48.4 Å². The van der Waals surface area contributed by atoms with E-state index in [4.69, 9.17) is 9.97 Å². The lowest BCUT2D eigenvalue weighted by atomic mass is 10.1. The Labute approximate surface area is 169 Å². The van der Waals surface area contributed by atoms with Crippen molar-refractivity contribution in [3.8, 4) is 22.8 Å². The van der Waals surface area contributed by atoms with Gasteiger partial charge in [-0.15, -0.1) is 0 Å². The van der Waals surface area contributed by atoms with Crippen LogP contribution in [-0.4, -0.2) is 24.7 Å². The van der Waals surface area contributed by atoms with Gasteiger partial charge in [-0.1, -0.05) is 36.4 Å². The fourth-order valence-electron chi connectivity index (χ4n) is 3.87. The van der Waals surface area contributed by atoms with Gasteiger partial charge in [0.2, 0.25) is 0 Å². The molecule has 0 saturated carbocycles. The molecule has 5 rings (SSSR count). The maximum Gasteiger partial charge on any atom is 0.180 e. The van der Waals surface area contributed by atoms with E-state index in [-0.39, 0.29) is 0 Å². The number of fused-ring (bicyclic) bond motifs is 1. The molecule has 0 unspecified atom stereocenters. The van der Waals surface area contributed by atoms with Crippen molar-refractivity contribution in [3.05, 3.63) is 77.7 Å². The van der Waals surface area contributed by atoms with Gasteiger partial charge in [-0.3, -0.25) is 9.67 Å². The molecule has 1 aliphatic rings. The summed E-state index contributed by atoms with van der Waals surface area (Å²) in [5, 5.41) is 8.23. The van der Waals surface area contributed by atoms with E-state index in [1.165, 1.54) is 5.56 Å². The number of nitrogens with zero attached hydrogens (tertiary/aromatic N) is 5. The minimum absolute atomic E-state index is 0.656. The van der Waals surface area contributed by atoms with E-state index in [9.17, 15) is 0 Å². The summed E-state index contributed by atoms with van der Waals surface area (Å²) in [5.74, 6) is 1.60. The Morgan fingerprint density at radius 3 is 2.69 bits per heavy atom. The monoisotopic (exact) mass is 382 g/mol. The number of rotatable bonds is 5. The first-order chi connectivity index (χ1) is 14.3. The summed E-state index contributed by atoms with van der Waals surface area (Å²) in [6.07, 6.45) is 6.97. The van der Waals surface area contributed by atoms with Gasteiger partial charge < -0.3 is 5.32 Å². The maximum atomic E-state index is 4.83. The quantitative estimate of drug-likeness (QED) is 0.564. The second-order valence-electron chi connectivity index (χ2n) is 7.29. The average Bonchev–Trinajstić information content (AvgIpc) is 3.39. The number of nitrogens with one attached hydrogen (secondary N) is 1. The van der Waals surface area contributed by atoms with Crippen LogP contribution in [0.4, 0.5) is 5.82 Å². The van der Waals surface area contributed by atoms with Crippen LogP contribution in [0.3, 0.4) is 0 Å². The summed E-state index contributed by atoms with van der Waals surface area (Å²) in [5.41, 5.74) is 6.43. The zero-order valence-electron chi connectivity index (χ0n) is 16.3. The van der Waals surface area contributed by atoms with Crippen molar-refractivity contribution >= 4 is 5.82 Å². The molecule has 144 valence electrons. The van der Waals surface area contributed by atoms with Crippen molar-refractivity contribution in [2.45, 2.75) is 25.8 Å². The lowest BCUT2D eigenvalue weighted by molar-refractivity contribution is 0.770.